The largest absolute Gasteiger partial charge is 0.495 e. The van der Waals surface area contributed by atoms with Crippen LogP contribution in [0.2, 0.25) is 5.02 Å². The lowest BCUT2D eigenvalue weighted by atomic mass is 10.2. The van der Waals surface area contributed by atoms with E-state index < -0.39 is 26.5 Å². The Labute approximate surface area is 165 Å². The molecule has 0 aromatic heterocycles. The van der Waals surface area contributed by atoms with Crippen LogP contribution >= 0.6 is 11.6 Å². The quantitative estimate of drug-likeness (QED) is 0.691. The molecule has 1 aliphatic rings. The summed E-state index contributed by atoms with van der Waals surface area (Å²) in [6, 6.07) is 6.22. The highest BCUT2D eigenvalue weighted by Crippen LogP contribution is 2.46. The molecule has 0 unspecified atom stereocenters. The first-order valence-electron chi connectivity index (χ1n) is 7.80. The van der Waals surface area contributed by atoms with Crippen LogP contribution in [0.1, 0.15) is 0 Å². The predicted octanol–water partition coefficient (Wildman–Crippen LogP) is 3.44. The van der Waals surface area contributed by atoms with Gasteiger partial charge in [-0.3, -0.25) is 0 Å². The van der Waals surface area contributed by atoms with E-state index in [2.05, 4.69) is 4.74 Å². The van der Waals surface area contributed by atoms with Crippen LogP contribution < -0.4 is 14.4 Å². The molecular formula is C18H15ClFNO6S. The van der Waals surface area contributed by atoms with Gasteiger partial charge in [0, 0.05) is 12.3 Å². The van der Waals surface area contributed by atoms with Gasteiger partial charge in [-0.25, -0.2) is 17.6 Å². The van der Waals surface area contributed by atoms with Gasteiger partial charge in [-0.05, 0) is 24.3 Å². The molecule has 2 aromatic carbocycles. The van der Waals surface area contributed by atoms with Gasteiger partial charge in [0.15, 0.2) is 4.91 Å². The third-order valence-corrected chi connectivity index (χ3v) is 6.16. The van der Waals surface area contributed by atoms with Gasteiger partial charge in [0.1, 0.15) is 17.3 Å². The minimum atomic E-state index is -4.29. The summed E-state index contributed by atoms with van der Waals surface area (Å²) in [5, 5.41) is 0.225. The van der Waals surface area contributed by atoms with Crippen LogP contribution in [-0.4, -0.2) is 35.7 Å². The van der Waals surface area contributed by atoms with Crippen molar-refractivity contribution in [3.8, 4) is 11.5 Å². The summed E-state index contributed by atoms with van der Waals surface area (Å²) < 4.78 is 54.5. The van der Waals surface area contributed by atoms with Gasteiger partial charge >= 0.3 is 5.97 Å². The van der Waals surface area contributed by atoms with E-state index in [1.54, 1.807) is 0 Å². The van der Waals surface area contributed by atoms with Crippen LogP contribution in [0.25, 0.3) is 0 Å². The second-order valence-corrected chi connectivity index (χ2v) is 7.92. The van der Waals surface area contributed by atoms with Crippen molar-refractivity contribution >= 4 is 38.8 Å². The number of anilines is 2. The van der Waals surface area contributed by atoms with E-state index >= 15 is 0 Å². The lowest BCUT2D eigenvalue weighted by Gasteiger charge is -2.29. The molecule has 7 nitrogen and oxygen atoms in total. The first-order chi connectivity index (χ1) is 13.2. The molecule has 0 saturated heterocycles. The Kier molecular flexibility index (Phi) is 5.22. The van der Waals surface area contributed by atoms with E-state index in [1.165, 1.54) is 37.3 Å². The number of sulfone groups is 1. The van der Waals surface area contributed by atoms with Gasteiger partial charge in [0.05, 0.1) is 42.6 Å². The molecule has 148 valence electrons. The monoisotopic (exact) mass is 427 g/mol. The van der Waals surface area contributed by atoms with Crippen molar-refractivity contribution in [2.75, 3.05) is 26.2 Å². The fourth-order valence-electron chi connectivity index (χ4n) is 2.77. The maximum Gasteiger partial charge on any atom is 0.351 e. The maximum absolute atomic E-state index is 13.8. The molecule has 28 heavy (non-hydrogen) atoms. The summed E-state index contributed by atoms with van der Waals surface area (Å²) in [6.45, 7) is 0. The first kappa shape index (κ1) is 20.0. The molecule has 10 heteroatoms. The Balaban J connectivity index is 2.34. The van der Waals surface area contributed by atoms with Crippen LogP contribution in [0, 0.1) is 5.82 Å². The van der Waals surface area contributed by atoms with Crippen LogP contribution in [-0.2, 0) is 19.4 Å². The maximum atomic E-state index is 13.8. The molecule has 0 radical (unpaired) electrons. The molecule has 1 heterocycles. The van der Waals surface area contributed by atoms with E-state index in [0.29, 0.717) is 11.4 Å². The number of benzene rings is 2. The smallest absolute Gasteiger partial charge is 0.351 e. The number of hydrogen-bond donors (Lipinski definition) is 0. The molecule has 0 bridgehead atoms. The van der Waals surface area contributed by atoms with Gasteiger partial charge in [-0.15, -0.1) is 0 Å². The average molecular weight is 428 g/mol. The topological polar surface area (TPSA) is 82.1 Å². The molecule has 0 atom stereocenters. The van der Waals surface area contributed by atoms with Gasteiger partial charge in [0.2, 0.25) is 9.84 Å². The van der Waals surface area contributed by atoms with Gasteiger partial charge in [-0.1, -0.05) is 11.6 Å². The Morgan fingerprint density at radius 2 is 1.71 bits per heavy atom. The summed E-state index contributed by atoms with van der Waals surface area (Å²) in [5.74, 6) is -1.23. The highest BCUT2D eigenvalue weighted by atomic mass is 35.5. The summed E-state index contributed by atoms with van der Waals surface area (Å²) >= 11 is 6.21. The summed E-state index contributed by atoms with van der Waals surface area (Å²) in [4.78, 5) is 12.4. The van der Waals surface area contributed by atoms with Gasteiger partial charge < -0.3 is 19.1 Å². The van der Waals surface area contributed by atoms with Crippen molar-refractivity contribution in [1.82, 2.24) is 0 Å². The standard InChI is InChI=1S/C18H15ClFNO6S/c1-25-14-8-15(26-2)13(7-11(14)19)21-9-17(18(22)27-3)28(23,24)16-6-10(20)4-5-12(16)21/h4-9H,1-3H3. The second kappa shape index (κ2) is 7.33. The van der Waals surface area contributed by atoms with Crippen LogP contribution in [0.15, 0.2) is 46.3 Å². The van der Waals surface area contributed by atoms with Gasteiger partial charge in [-0.2, -0.15) is 0 Å². The normalized spacial score (nSPS) is 14.8. The highest BCUT2D eigenvalue weighted by Gasteiger charge is 2.37. The average Bonchev–Trinajstić information content (AvgIpc) is 2.67. The van der Waals surface area contributed by atoms with Crippen molar-refractivity contribution in [1.29, 1.82) is 0 Å². The van der Waals surface area contributed by atoms with E-state index in [-0.39, 0.29) is 21.4 Å². The molecule has 0 amide bonds. The molecule has 0 spiro atoms. The Hall–Kier alpha value is -2.78. The zero-order valence-electron chi connectivity index (χ0n) is 15.0. The first-order valence-corrected chi connectivity index (χ1v) is 9.66. The zero-order valence-corrected chi connectivity index (χ0v) is 16.6. The van der Waals surface area contributed by atoms with Crippen LogP contribution in [0.5, 0.6) is 11.5 Å². The zero-order chi connectivity index (χ0) is 20.6. The lowest BCUT2D eigenvalue weighted by molar-refractivity contribution is -0.135. The van der Waals surface area contributed by atoms with Crippen LogP contribution in [0.4, 0.5) is 15.8 Å². The SMILES string of the molecule is COC(=O)C1=CN(c2cc(Cl)c(OC)cc2OC)c2ccc(F)cc2S1(=O)=O. The minimum absolute atomic E-state index is 0.119. The molecule has 0 fully saturated rings. The third kappa shape index (κ3) is 3.16. The number of methoxy groups -OCH3 is 3. The number of fused-ring (bicyclic) bond motifs is 1. The van der Waals surface area contributed by atoms with E-state index in [0.717, 1.165) is 25.4 Å². The number of hydrogen-bond acceptors (Lipinski definition) is 7. The molecule has 0 aliphatic carbocycles. The summed E-state index contributed by atoms with van der Waals surface area (Å²) in [5.41, 5.74) is 0.436. The van der Waals surface area contributed by atoms with Gasteiger partial charge in [0.25, 0.3) is 0 Å². The number of rotatable bonds is 4. The minimum Gasteiger partial charge on any atom is -0.495 e. The van der Waals surface area contributed by atoms with E-state index in [1.807, 2.05) is 0 Å². The number of halogens is 2. The molecule has 1 aliphatic heterocycles. The number of carbonyl (C=O) groups excluding carboxylic acids is 1. The van der Waals surface area contributed by atoms with Crippen molar-refractivity contribution in [3.05, 3.63) is 52.3 Å². The second-order valence-electron chi connectivity index (χ2n) is 5.63. The van der Waals surface area contributed by atoms with Crippen LogP contribution in [0.3, 0.4) is 0 Å². The van der Waals surface area contributed by atoms with E-state index in [9.17, 15) is 17.6 Å². The Morgan fingerprint density at radius 3 is 2.32 bits per heavy atom. The highest BCUT2D eigenvalue weighted by molar-refractivity contribution is 7.96. The fraction of sp³-hybridized carbons (Fsp3) is 0.167. The molecule has 0 saturated carbocycles. The fourth-order valence-corrected chi connectivity index (χ4v) is 4.50. The van der Waals surface area contributed by atoms with Crippen molar-refractivity contribution in [2.24, 2.45) is 0 Å². The van der Waals surface area contributed by atoms with E-state index in [4.69, 9.17) is 21.1 Å². The van der Waals surface area contributed by atoms with Crippen molar-refractivity contribution in [2.45, 2.75) is 4.90 Å². The molecule has 2 aromatic rings. The number of ether oxygens (including phenoxy) is 3. The molecular weight excluding hydrogens is 413 g/mol. The number of carbonyl (C=O) groups is 1. The number of nitrogens with zero attached hydrogens (tertiary/aromatic N) is 1. The lowest BCUT2D eigenvalue weighted by Crippen LogP contribution is -2.26. The predicted molar refractivity (Wildman–Crippen MR) is 100 cm³/mol. The molecule has 0 N–H and O–H groups in total. The number of esters is 1. The summed E-state index contributed by atoms with van der Waals surface area (Å²) in [7, 11) is -0.405. The third-order valence-electron chi connectivity index (χ3n) is 4.11. The molecule has 3 rings (SSSR count). The Morgan fingerprint density at radius 1 is 1.04 bits per heavy atom. The van der Waals surface area contributed by atoms with Crippen molar-refractivity contribution < 1.29 is 31.8 Å². The Bertz CT molecular complexity index is 1100. The van der Waals surface area contributed by atoms with Crippen molar-refractivity contribution in [3.63, 3.8) is 0 Å². The summed E-state index contributed by atoms with van der Waals surface area (Å²) in [6.07, 6.45) is 1.09.